The number of unbranched alkanes of at least 4 members (excludes halogenated alkanes) is 2. The highest BCUT2D eigenvalue weighted by Crippen LogP contribution is 2.18. The van der Waals surface area contributed by atoms with Gasteiger partial charge in [-0.25, -0.2) is 4.79 Å². The summed E-state index contributed by atoms with van der Waals surface area (Å²) in [5, 5.41) is 96.9. The fourth-order valence-electron chi connectivity index (χ4n) is 12.5. The van der Waals surface area contributed by atoms with Crippen molar-refractivity contribution in [3.8, 4) is 18.1 Å². The highest BCUT2D eigenvalue weighted by Gasteiger charge is 2.40. The van der Waals surface area contributed by atoms with Crippen molar-refractivity contribution in [1.29, 1.82) is 0 Å². The van der Waals surface area contributed by atoms with E-state index in [1.165, 1.54) is 24.3 Å². The number of amides is 16. The maximum Gasteiger partial charge on any atom is 0.326 e. The van der Waals surface area contributed by atoms with Crippen LogP contribution < -0.4 is 97.0 Å². The molecule has 0 heterocycles. The second-order valence-corrected chi connectivity index (χ2v) is 31.3. The van der Waals surface area contributed by atoms with E-state index in [1.807, 2.05) is 0 Å². The average Bonchev–Trinajstić information content (AvgIpc) is 0.849. The molecule has 2 aromatic carbocycles. The summed E-state index contributed by atoms with van der Waals surface area (Å²) in [6.07, 6.45) is 1.29. The van der Waals surface area contributed by atoms with Crippen molar-refractivity contribution >= 4 is 112 Å². The molecule has 700 valence electrons. The van der Waals surface area contributed by atoms with Crippen LogP contribution in [0, 0.1) is 36.0 Å². The number of terminal acetylenes is 1. The lowest BCUT2D eigenvalue weighted by Crippen LogP contribution is -2.62. The smallest absolute Gasteiger partial charge is 0.326 e. The lowest BCUT2D eigenvalue weighted by molar-refractivity contribution is -0.143. The Morgan fingerprint density at radius 1 is 0.405 bits per heavy atom. The quantitative estimate of drug-likeness (QED) is 0.0218. The first kappa shape index (κ1) is 110. The number of carboxylic acid groups (broad SMARTS) is 3. The fourth-order valence-corrected chi connectivity index (χ4v) is 12.5. The Morgan fingerprint density at radius 3 is 1.23 bits per heavy atom. The first-order valence-electron chi connectivity index (χ1n) is 41.8. The Hall–Kier alpha value is -12.4. The van der Waals surface area contributed by atoms with Crippen LogP contribution in [-0.2, 0) is 104 Å². The van der Waals surface area contributed by atoms with Gasteiger partial charge in [0.15, 0.2) is 0 Å². The number of aliphatic hydroxyl groups is 2. The third-order valence-electron chi connectivity index (χ3n) is 20.6. The minimum Gasteiger partial charge on any atom is -0.508 e. The number of hydrogen-bond donors (Lipinski definition) is 24. The monoisotopic (exact) mass is 1780 g/mol. The number of aromatic hydroxyl groups is 1. The van der Waals surface area contributed by atoms with E-state index in [1.54, 1.807) is 91.6 Å². The second-order valence-electron chi connectivity index (χ2n) is 31.3. The van der Waals surface area contributed by atoms with E-state index in [2.05, 4.69) is 79.8 Å². The van der Waals surface area contributed by atoms with E-state index < -0.39 is 253 Å². The van der Waals surface area contributed by atoms with Crippen LogP contribution in [0.15, 0.2) is 54.6 Å². The van der Waals surface area contributed by atoms with E-state index >= 15 is 0 Å². The Balaban J connectivity index is 2.44. The minimum atomic E-state index is -2.05. The molecule has 43 heteroatoms. The Kier molecular flexibility index (Phi) is 49.7. The largest absolute Gasteiger partial charge is 0.508 e. The molecule has 27 N–H and O–H groups in total. The van der Waals surface area contributed by atoms with Crippen molar-refractivity contribution in [2.24, 2.45) is 40.9 Å². The van der Waals surface area contributed by atoms with Gasteiger partial charge in [0.05, 0.1) is 25.7 Å². The maximum atomic E-state index is 14.7. The molecule has 2 aromatic rings. The van der Waals surface area contributed by atoms with Gasteiger partial charge in [0.1, 0.15) is 90.3 Å². The molecule has 0 radical (unpaired) electrons. The molecular weight excluding hydrogens is 1650 g/mol. The van der Waals surface area contributed by atoms with Crippen LogP contribution in [0.3, 0.4) is 0 Å². The van der Waals surface area contributed by atoms with Crippen molar-refractivity contribution < 1.29 is 122 Å². The zero-order chi connectivity index (χ0) is 95.2. The lowest BCUT2D eigenvalue weighted by atomic mass is 9.96. The molecule has 2 rings (SSSR count). The molecule has 43 nitrogen and oxygen atoms in total. The summed E-state index contributed by atoms with van der Waals surface area (Å²) < 4.78 is 0. The number of benzene rings is 2. The molecule has 0 spiro atoms. The van der Waals surface area contributed by atoms with E-state index in [-0.39, 0.29) is 108 Å². The number of hydrogen-bond acceptors (Lipinski definition) is 24. The zero-order valence-corrected chi connectivity index (χ0v) is 72.8. The van der Waals surface area contributed by atoms with Gasteiger partial charge in [0, 0.05) is 25.7 Å². The topological polar surface area (TPSA) is 704 Å². The lowest BCUT2D eigenvalue weighted by Gasteiger charge is -2.29. The number of aliphatic hydroxyl groups excluding tert-OH is 2. The van der Waals surface area contributed by atoms with Gasteiger partial charge >= 0.3 is 17.9 Å². The highest BCUT2D eigenvalue weighted by molar-refractivity contribution is 6.02. The normalized spacial score (nSPS) is 15.3. The van der Waals surface area contributed by atoms with Gasteiger partial charge in [-0.05, 0) is 138 Å². The number of nitrogens with two attached hydrogens (primary N) is 3. The van der Waals surface area contributed by atoms with Crippen LogP contribution in [0.5, 0.6) is 5.75 Å². The Morgan fingerprint density at radius 2 is 0.786 bits per heavy atom. The van der Waals surface area contributed by atoms with Crippen LogP contribution in [0.4, 0.5) is 0 Å². The van der Waals surface area contributed by atoms with Crippen LogP contribution >= 0.6 is 0 Å². The van der Waals surface area contributed by atoms with Crippen LogP contribution in [-0.4, -0.2) is 260 Å². The Bertz CT molecular complexity index is 4060. The molecule has 18 atom stereocenters. The van der Waals surface area contributed by atoms with Gasteiger partial charge in [-0.2, -0.15) is 0 Å². The first-order chi connectivity index (χ1) is 59.4. The summed E-state index contributed by atoms with van der Waals surface area (Å²) in [5.41, 5.74) is 17.8. The molecule has 0 saturated heterocycles. The molecule has 0 aliphatic heterocycles. The summed E-state index contributed by atoms with van der Waals surface area (Å²) in [6.45, 7) is 13.6. The highest BCUT2D eigenvalue weighted by atomic mass is 16.4. The van der Waals surface area contributed by atoms with E-state index in [0.29, 0.717) is 17.5 Å². The molecular formula is C83H128N18O25. The van der Waals surface area contributed by atoms with Crippen molar-refractivity contribution in [3.05, 3.63) is 65.7 Å². The van der Waals surface area contributed by atoms with Gasteiger partial charge in [0.25, 0.3) is 5.91 Å². The number of carbonyl (C=O) groups excluding carboxylic acids is 16. The summed E-state index contributed by atoms with van der Waals surface area (Å²) in [6, 6.07) is -8.85. The summed E-state index contributed by atoms with van der Waals surface area (Å²) in [4.78, 5) is 257. The fraction of sp³-hybridized carbons (Fsp3) is 0.602. The number of nitrogens with one attached hydrogen (secondary N) is 15. The molecule has 0 bridgehead atoms. The van der Waals surface area contributed by atoms with Gasteiger partial charge in [-0.15, -0.1) is 6.42 Å². The number of aliphatic carboxylic acids is 3. The van der Waals surface area contributed by atoms with Crippen molar-refractivity contribution in [3.63, 3.8) is 0 Å². The van der Waals surface area contributed by atoms with E-state index in [0.717, 1.165) is 13.8 Å². The summed E-state index contributed by atoms with van der Waals surface area (Å²) in [5.74, 6) is -21.7. The van der Waals surface area contributed by atoms with Gasteiger partial charge < -0.3 is 128 Å². The molecule has 0 unspecified atom stereocenters. The first-order valence-corrected chi connectivity index (χ1v) is 41.8. The SMILES string of the molecule is C#CC(=O)N[C@@H](CCC(N)=O)C(=O)N[C@@H](Cc1ccc(O)cc1)C(=O)N[C@H](C(=O)N[C@@H](CCCCN)C(=O)N[C@@H](C)C(=O)N[C@@H](CC(=O)O)C(=O)N[C@@H](CO)C(=O)N[C@@H](CCCCN)C(=O)N[C@@H](Cc1ccccc1)C(=O)N[C@H](C(=O)NCC(=O)N[C@H](C(=O)N[C@H](C(=O)N[C@@H](CCC(=O)O)C(=O)N[C@@H](CC(C)C)C(=O)O)[C@@H](C)O)[C@@H](C)CC)[C@@H](C)CC)[C@@H](C)CC. The predicted molar refractivity (Wildman–Crippen MR) is 454 cm³/mol. The Labute approximate surface area is 731 Å². The van der Waals surface area contributed by atoms with Gasteiger partial charge in [-0.1, -0.05) is 117 Å². The van der Waals surface area contributed by atoms with Crippen molar-refractivity contribution in [2.75, 3.05) is 26.2 Å². The molecule has 0 aliphatic carbocycles. The number of carboxylic acids is 3. The molecule has 0 aliphatic rings. The number of rotatable bonds is 60. The standard InChI is InChI=1S/C83H128N18O25/c1-12-44(7)66(79(121)87-41-63(107)98-67(45(8)13-2)81(123)101-69(48(11)103)82(124)92-55(32-34-64(108)109)74(116)96-59(83(125)126)37-43(5)6)99-76(118)56(38-49-23-17-16-18-24-49)94-72(114)53(26-20-22-36-85)90-78(120)60(42-102)97-75(117)58(40-65(110)111)93-70(112)47(10)88-71(113)52(25-19-21-35-84)91-80(122)68(46(9)14-3)100-77(119)57(39-50-27-29-51(104)30-28-50)95-73(115)54(31-33-61(86)105)89-62(106)15-4/h4,16-18,23-24,27-30,43-48,52-60,66-69,102-104H,12-14,19-22,25-26,31-42,84-85H2,1-3,5-11H3,(H2,86,105)(H,87,121)(H,88,113)(H,89,106)(H,90,120)(H,91,122)(H,92,124)(H,93,112)(H,94,114)(H,95,115)(H,96,116)(H,97,117)(H,98,107)(H,99,118)(H,100,119)(H,101,123)(H,108,109)(H,110,111)(H,125,126)/t44-,45-,46-,47-,48+,52-,53-,54-,55-,56-,57-,58-,59-,60-,66-,67-,68-,69-/m0/s1. The average molecular weight is 1780 g/mol. The third-order valence-corrected chi connectivity index (χ3v) is 20.6. The van der Waals surface area contributed by atoms with Crippen molar-refractivity contribution in [1.82, 2.24) is 79.8 Å². The molecule has 126 heavy (non-hydrogen) atoms. The van der Waals surface area contributed by atoms with Gasteiger partial charge in [0.2, 0.25) is 88.6 Å². The summed E-state index contributed by atoms with van der Waals surface area (Å²) >= 11 is 0. The predicted octanol–water partition coefficient (Wildman–Crippen LogP) is -4.76. The second kappa shape index (κ2) is 57.2. The van der Waals surface area contributed by atoms with E-state index in [4.69, 9.17) is 23.6 Å². The maximum absolute atomic E-state index is 14.7. The van der Waals surface area contributed by atoms with Gasteiger partial charge in [-0.3, -0.25) is 86.3 Å². The summed E-state index contributed by atoms with van der Waals surface area (Å²) in [7, 11) is 0. The van der Waals surface area contributed by atoms with Crippen LogP contribution in [0.2, 0.25) is 0 Å². The number of carbonyl (C=O) groups is 19. The number of phenols is 1. The number of primary amides is 1. The molecule has 0 aromatic heterocycles. The molecule has 16 amide bonds. The van der Waals surface area contributed by atoms with Crippen LogP contribution in [0.1, 0.15) is 177 Å². The number of phenolic OH excluding ortho intramolecular Hbond substituents is 1. The zero-order valence-electron chi connectivity index (χ0n) is 72.8. The van der Waals surface area contributed by atoms with Crippen LogP contribution in [0.25, 0.3) is 0 Å². The van der Waals surface area contributed by atoms with E-state index in [9.17, 15) is 122 Å². The third kappa shape index (κ3) is 40.0. The minimum absolute atomic E-state index is 0.0275. The van der Waals surface area contributed by atoms with Crippen molar-refractivity contribution in [2.45, 2.75) is 269 Å². The molecule has 0 saturated carbocycles. The molecule has 0 fully saturated rings.